The Kier molecular flexibility index (Phi) is 6.29. The molecule has 1 unspecified atom stereocenters. The molecule has 0 aliphatic heterocycles. The maximum absolute atomic E-state index is 5.30. The second kappa shape index (κ2) is 6.35. The Morgan fingerprint density at radius 1 is 1.31 bits per heavy atom. The van der Waals surface area contributed by atoms with Gasteiger partial charge in [0.05, 0.1) is 11.7 Å². The van der Waals surface area contributed by atoms with Crippen LogP contribution < -0.4 is 5.32 Å². The van der Waals surface area contributed by atoms with E-state index in [0.29, 0.717) is 0 Å². The lowest BCUT2D eigenvalue weighted by atomic mass is 10.1. The summed E-state index contributed by atoms with van der Waals surface area (Å²) in [4.78, 5) is 0. The minimum Gasteiger partial charge on any atom is -0.380 e. The van der Waals surface area contributed by atoms with Gasteiger partial charge in [0.15, 0.2) is 0 Å². The van der Waals surface area contributed by atoms with Gasteiger partial charge in [-0.25, -0.2) is 0 Å². The average molecular weight is 189 g/mol. The third-order valence-corrected chi connectivity index (χ3v) is 2.29. The van der Waals surface area contributed by atoms with Crippen molar-refractivity contribution < 1.29 is 9.47 Å². The molecule has 0 rings (SSSR count). The molecular weight excluding hydrogens is 166 g/mol. The highest BCUT2D eigenvalue weighted by Crippen LogP contribution is 2.11. The summed E-state index contributed by atoms with van der Waals surface area (Å²) in [6.45, 7) is 8.10. The Bertz CT molecular complexity index is 126. The van der Waals surface area contributed by atoms with E-state index in [0.717, 1.165) is 19.5 Å². The number of methoxy groups -OCH3 is 2. The van der Waals surface area contributed by atoms with Crippen LogP contribution in [0.3, 0.4) is 0 Å². The summed E-state index contributed by atoms with van der Waals surface area (Å²) in [5.41, 5.74) is -0.0245. The second-order valence-corrected chi connectivity index (χ2v) is 3.96. The van der Waals surface area contributed by atoms with Crippen LogP contribution in [0.4, 0.5) is 0 Å². The molecule has 0 fully saturated rings. The number of ether oxygens (including phenoxy) is 2. The lowest BCUT2D eigenvalue weighted by molar-refractivity contribution is 0.0150. The second-order valence-electron chi connectivity index (χ2n) is 3.96. The molecule has 1 atom stereocenters. The number of rotatable bonds is 7. The molecule has 0 bridgehead atoms. The summed E-state index contributed by atoms with van der Waals surface area (Å²) in [6, 6.07) is 0. The van der Waals surface area contributed by atoms with E-state index >= 15 is 0 Å². The molecule has 3 heteroatoms. The normalized spacial score (nSPS) is 14.5. The maximum Gasteiger partial charge on any atom is 0.0667 e. The van der Waals surface area contributed by atoms with Gasteiger partial charge in [-0.2, -0.15) is 0 Å². The van der Waals surface area contributed by atoms with Gasteiger partial charge in [-0.05, 0) is 33.7 Å². The first-order chi connectivity index (χ1) is 6.02. The van der Waals surface area contributed by atoms with E-state index in [2.05, 4.69) is 26.1 Å². The average Bonchev–Trinajstić information content (AvgIpc) is 2.12. The smallest absolute Gasteiger partial charge is 0.0667 e. The van der Waals surface area contributed by atoms with Crippen molar-refractivity contribution in [3.63, 3.8) is 0 Å². The summed E-state index contributed by atoms with van der Waals surface area (Å²) >= 11 is 0. The molecule has 0 saturated carbocycles. The molecule has 80 valence electrons. The van der Waals surface area contributed by atoms with Crippen molar-refractivity contribution in [3.8, 4) is 0 Å². The molecule has 0 radical (unpaired) electrons. The SMILES string of the molecule is COC(C)CNCCC(C)(C)OC. The molecule has 0 aromatic carbocycles. The van der Waals surface area contributed by atoms with Crippen LogP contribution in [-0.2, 0) is 9.47 Å². The Balaban J connectivity index is 3.35. The summed E-state index contributed by atoms with van der Waals surface area (Å²) in [7, 11) is 3.48. The Morgan fingerprint density at radius 2 is 1.92 bits per heavy atom. The fourth-order valence-electron chi connectivity index (χ4n) is 0.880. The van der Waals surface area contributed by atoms with E-state index in [9.17, 15) is 0 Å². The van der Waals surface area contributed by atoms with E-state index in [4.69, 9.17) is 9.47 Å². The number of hydrogen-bond donors (Lipinski definition) is 1. The maximum atomic E-state index is 5.30. The molecule has 0 aliphatic carbocycles. The van der Waals surface area contributed by atoms with Crippen molar-refractivity contribution in [3.05, 3.63) is 0 Å². The van der Waals surface area contributed by atoms with Crippen molar-refractivity contribution in [2.24, 2.45) is 0 Å². The Morgan fingerprint density at radius 3 is 2.38 bits per heavy atom. The molecule has 0 heterocycles. The lowest BCUT2D eigenvalue weighted by Gasteiger charge is -2.23. The third kappa shape index (κ3) is 6.99. The van der Waals surface area contributed by atoms with Crippen LogP contribution in [0.25, 0.3) is 0 Å². The van der Waals surface area contributed by atoms with E-state index in [1.807, 2.05) is 0 Å². The molecule has 0 spiro atoms. The Hall–Kier alpha value is -0.120. The fraction of sp³-hybridized carbons (Fsp3) is 1.00. The zero-order chi connectivity index (χ0) is 10.3. The van der Waals surface area contributed by atoms with Crippen molar-refractivity contribution >= 4 is 0 Å². The molecule has 0 saturated heterocycles. The van der Waals surface area contributed by atoms with Crippen LogP contribution in [0.2, 0.25) is 0 Å². The van der Waals surface area contributed by atoms with Gasteiger partial charge in [0, 0.05) is 20.8 Å². The van der Waals surface area contributed by atoms with E-state index in [1.54, 1.807) is 14.2 Å². The standard InChI is InChI=1S/C10H23NO2/c1-9(12-4)8-11-7-6-10(2,3)13-5/h9,11H,6-8H2,1-5H3. The third-order valence-electron chi connectivity index (χ3n) is 2.29. The quantitative estimate of drug-likeness (QED) is 0.614. The number of nitrogens with one attached hydrogen (secondary N) is 1. The van der Waals surface area contributed by atoms with Crippen molar-refractivity contribution in [1.29, 1.82) is 0 Å². The van der Waals surface area contributed by atoms with Gasteiger partial charge in [0.25, 0.3) is 0 Å². The fourth-order valence-corrected chi connectivity index (χ4v) is 0.880. The van der Waals surface area contributed by atoms with Crippen LogP contribution in [0.1, 0.15) is 27.2 Å². The molecule has 1 N–H and O–H groups in total. The highest BCUT2D eigenvalue weighted by Gasteiger charge is 2.15. The van der Waals surface area contributed by atoms with Crippen LogP contribution in [0, 0.1) is 0 Å². The highest BCUT2D eigenvalue weighted by molar-refractivity contribution is 4.69. The number of hydrogen-bond acceptors (Lipinski definition) is 3. The summed E-state index contributed by atoms with van der Waals surface area (Å²) in [5, 5.41) is 3.32. The summed E-state index contributed by atoms with van der Waals surface area (Å²) in [6.07, 6.45) is 1.30. The minimum absolute atomic E-state index is 0.0245. The van der Waals surface area contributed by atoms with E-state index in [-0.39, 0.29) is 11.7 Å². The van der Waals surface area contributed by atoms with Crippen LogP contribution in [0.15, 0.2) is 0 Å². The van der Waals surface area contributed by atoms with E-state index < -0.39 is 0 Å². The van der Waals surface area contributed by atoms with Gasteiger partial charge in [-0.1, -0.05) is 0 Å². The van der Waals surface area contributed by atoms with Crippen LogP contribution in [0.5, 0.6) is 0 Å². The molecule has 0 amide bonds. The topological polar surface area (TPSA) is 30.5 Å². The van der Waals surface area contributed by atoms with Crippen LogP contribution >= 0.6 is 0 Å². The molecular formula is C10H23NO2. The van der Waals surface area contributed by atoms with Gasteiger partial charge in [0.2, 0.25) is 0 Å². The van der Waals surface area contributed by atoms with Gasteiger partial charge in [-0.3, -0.25) is 0 Å². The molecule has 13 heavy (non-hydrogen) atoms. The van der Waals surface area contributed by atoms with Gasteiger partial charge in [-0.15, -0.1) is 0 Å². The largest absolute Gasteiger partial charge is 0.380 e. The first-order valence-electron chi connectivity index (χ1n) is 4.80. The Labute approximate surface area is 81.8 Å². The minimum atomic E-state index is -0.0245. The first kappa shape index (κ1) is 12.9. The van der Waals surface area contributed by atoms with Crippen molar-refractivity contribution in [2.45, 2.75) is 38.9 Å². The predicted molar refractivity (Wildman–Crippen MR) is 55.0 cm³/mol. The highest BCUT2D eigenvalue weighted by atomic mass is 16.5. The zero-order valence-electron chi connectivity index (χ0n) is 9.52. The molecule has 0 aromatic heterocycles. The van der Waals surface area contributed by atoms with E-state index in [1.165, 1.54) is 0 Å². The first-order valence-corrected chi connectivity index (χ1v) is 4.80. The molecule has 3 nitrogen and oxygen atoms in total. The lowest BCUT2D eigenvalue weighted by Crippen LogP contribution is -2.32. The monoisotopic (exact) mass is 189 g/mol. The van der Waals surface area contributed by atoms with Crippen molar-refractivity contribution in [2.75, 3.05) is 27.3 Å². The summed E-state index contributed by atoms with van der Waals surface area (Å²) < 4.78 is 10.4. The van der Waals surface area contributed by atoms with Gasteiger partial charge in [0.1, 0.15) is 0 Å². The molecule has 0 aromatic rings. The van der Waals surface area contributed by atoms with Crippen molar-refractivity contribution in [1.82, 2.24) is 5.32 Å². The molecule has 0 aliphatic rings. The zero-order valence-corrected chi connectivity index (χ0v) is 9.52. The van der Waals surface area contributed by atoms with Gasteiger partial charge < -0.3 is 14.8 Å². The summed E-state index contributed by atoms with van der Waals surface area (Å²) in [5.74, 6) is 0. The predicted octanol–water partition coefficient (Wildman–Crippen LogP) is 1.43. The van der Waals surface area contributed by atoms with Crippen LogP contribution in [-0.4, -0.2) is 39.0 Å². The van der Waals surface area contributed by atoms with Gasteiger partial charge >= 0.3 is 0 Å².